The number of anilines is 1. The number of oxime groups is 1. The van der Waals surface area contributed by atoms with Gasteiger partial charge in [-0.25, -0.2) is 4.72 Å². The minimum atomic E-state index is -3.53. The zero-order valence-corrected chi connectivity index (χ0v) is 10.4. The van der Waals surface area contributed by atoms with Crippen LogP contribution in [0.25, 0.3) is 0 Å². The van der Waals surface area contributed by atoms with E-state index in [1.54, 1.807) is 12.1 Å². The summed E-state index contributed by atoms with van der Waals surface area (Å²) in [5.74, 6) is 0.406. The molecule has 0 aliphatic carbocycles. The van der Waals surface area contributed by atoms with Crippen LogP contribution in [0.3, 0.4) is 0 Å². The number of benzene rings is 1. The van der Waals surface area contributed by atoms with Gasteiger partial charge in [0.1, 0.15) is 12.4 Å². The van der Waals surface area contributed by atoms with Gasteiger partial charge in [0.2, 0.25) is 0 Å². The smallest absolute Gasteiger partial charge is 0.298 e. The van der Waals surface area contributed by atoms with Crippen molar-refractivity contribution in [2.24, 2.45) is 10.9 Å². The summed E-state index contributed by atoms with van der Waals surface area (Å²) in [6.07, 6.45) is 0. The molecule has 1 rings (SSSR count). The fourth-order valence-corrected chi connectivity index (χ4v) is 1.56. The van der Waals surface area contributed by atoms with Crippen LogP contribution in [0.2, 0.25) is 0 Å². The van der Waals surface area contributed by atoms with Gasteiger partial charge in [-0.15, -0.1) is 0 Å². The first-order valence-electron chi connectivity index (χ1n) is 4.87. The van der Waals surface area contributed by atoms with Crippen LogP contribution in [0.1, 0.15) is 0 Å². The van der Waals surface area contributed by atoms with Crippen LogP contribution >= 0.6 is 0 Å². The van der Waals surface area contributed by atoms with Crippen molar-refractivity contribution in [3.8, 4) is 5.75 Å². The molecule has 1 aromatic carbocycles. The molecule has 0 amide bonds. The molecule has 0 heterocycles. The number of nitrogens with one attached hydrogen (secondary N) is 2. The quantitative estimate of drug-likeness (QED) is 0.245. The van der Waals surface area contributed by atoms with Crippen molar-refractivity contribution < 1.29 is 18.4 Å². The standard InChI is InChI=1S/C9H14N4O4S/c1-11-18(15,16)13-7-2-4-8(5-3-7)17-6-9(10)12-14/h2-5,11,13-14H,6H2,1H3,(H2,10,12). The average molecular weight is 274 g/mol. The molecule has 0 unspecified atom stereocenters. The number of nitrogens with two attached hydrogens (primary N) is 1. The van der Waals surface area contributed by atoms with Gasteiger partial charge in [-0.2, -0.15) is 8.42 Å². The maximum absolute atomic E-state index is 11.2. The van der Waals surface area contributed by atoms with Crippen molar-refractivity contribution in [3.63, 3.8) is 0 Å². The lowest BCUT2D eigenvalue weighted by Gasteiger charge is -2.08. The molecule has 0 atom stereocenters. The van der Waals surface area contributed by atoms with Gasteiger partial charge >= 0.3 is 0 Å². The Morgan fingerprint density at radius 2 is 2.06 bits per heavy atom. The Kier molecular flexibility index (Phi) is 4.75. The molecule has 100 valence electrons. The average Bonchev–Trinajstić information content (AvgIpc) is 2.37. The van der Waals surface area contributed by atoms with Crippen LogP contribution in [0.4, 0.5) is 5.69 Å². The van der Waals surface area contributed by atoms with Crippen molar-refractivity contribution in [1.29, 1.82) is 0 Å². The molecule has 0 radical (unpaired) electrons. The Hall–Kier alpha value is -2.00. The summed E-state index contributed by atoms with van der Waals surface area (Å²) in [5, 5.41) is 11.1. The van der Waals surface area contributed by atoms with Crippen molar-refractivity contribution in [1.82, 2.24) is 4.72 Å². The third-order valence-electron chi connectivity index (χ3n) is 1.89. The molecule has 18 heavy (non-hydrogen) atoms. The lowest BCUT2D eigenvalue weighted by molar-refractivity contribution is 0.306. The first kappa shape index (κ1) is 14.1. The second-order valence-electron chi connectivity index (χ2n) is 3.21. The molecule has 0 fully saturated rings. The highest BCUT2D eigenvalue weighted by molar-refractivity contribution is 7.90. The summed E-state index contributed by atoms with van der Waals surface area (Å²) < 4.78 is 32.0. The van der Waals surface area contributed by atoms with Gasteiger partial charge in [-0.05, 0) is 24.3 Å². The monoisotopic (exact) mass is 274 g/mol. The maximum atomic E-state index is 11.2. The molecule has 0 aliphatic heterocycles. The highest BCUT2D eigenvalue weighted by Gasteiger charge is 2.05. The van der Waals surface area contributed by atoms with Crippen LogP contribution in [0.15, 0.2) is 29.4 Å². The van der Waals surface area contributed by atoms with Crippen LogP contribution < -0.4 is 19.9 Å². The van der Waals surface area contributed by atoms with E-state index in [1.807, 2.05) is 0 Å². The molecule has 0 aromatic heterocycles. The molecule has 5 N–H and O–H groups in total. The zero-order valence-electron chi connectivity index (χ0n) is 9.62. The van der Waals surface area contributed by atoms with E-state index in [1.165, 1.54) is 19.2 Å². The van der Waals surface area contributed by atoms with Gasteiger partial charge in [0.25, 0.3) is 10.2 Å². The lowest BCUT2D eigenvalue weighted by Crippen LogP contribution is -2.26. The van der Waals surface area contributed by atoms with E-state index < -0.39 is 10.2 Å². The highest BCUT2D eigenvalue weighted by Crippen LogP contribution is 2.16. The number of nitrogens with zero attached hydrogens (tertiary/aromatic N) is 1. The van der Waals surface area contributed by atoms with Gasteiger partial charge in [0.15, 0.2) is 5.84 Å². The first-order chi connectivity index (χ1) is 8.46. The van der Waals surface area contributed by atoms with Crippen molar-refractivity contribution in [2.45, 2.75) is 0 Å². The van der Waals surface area contributed by atoms with E-state index >= 15 is 0 Å². The Morgan fingerprint density at radius 3 is 2.56 bits per heavy atom. The van der Waals surface area contributed by atoms with Crippen LogP contribution in [0.5, 0.6) is 5.75 Å². The molecule has 1 aromatic rings. The van der Waals surface area contributed by atoms with Crippen LogP contribution in [-0.2, 0) is 10.2 Å². The molecule has 0 saturated heterocycles. The number of hydrogen-bond acceptors (Lipinski definition) is 5. The van der Waals surface area contributed by atoms with Crippen molar-refractivity contribution in [2.75, 3.05) is 18.4 Å². The topological polar surface area (TPSA) is 126 Å². The third-order valence-corrected chi connectivity index (χ3v) is 2.93. The predicted octanol–water partition coefficient (Wildman–Crippen LogP) is -0.312. The largest absolute Gasteiger partial charge is 0.486 e. The molecule has 0 saturated carbocycles. The minimum absolute atomic E-state index is 0.0575. The summed E-state index contributed by atoms with van der Waals surface area (Å²) in [6, 6.07) is 6.16. The van der Waals surface area contributed by atoms with Crippen LogP contribution in [0, 0.1) is 0 Å². The Bertz CT molecular complexity index is 512. The summed E-state index contributed by atoms with van der Waals surface area (Å²) in [6.45, 7) is -0.0575. The number of hydrogen-bond donors (Lipinski definition) is 4. The number of rotatable bonds is 6. The van der Waals surface area contributed by atoms with E-state index in [0.29, 0.717) is 11.4 Å². The summed E-state index contributed by atoms with van der Waals surface area (Å²) >= 11 is 0. The normalized spacial score (nSPS) is 12.2. The highest BCUT2D eigenvalue weighted by atomic mass is 32.2. The molecular weight excluding hydrogens is 260 g/mol. The Labute approximate surface area is 105 Å². The number of amidine groups is 1. The fraction of sp³-hybridized carbons (Fsp3) is 0.222. The van der Waals surface area contributed by atoms with Gasteiger partial charge in [-0.1, -0.05) is 5.16 Å². The molecule has 0 aliphatic rings. The zero-order chi connectivity index (χ0) is 13.6. The van der Waals surface area contributed by atoms with Crippen LogP contribution in [-0.4, -0.2) is 33.1 Å². The molecule has 8 nitrogen and oxygen atoms in total. The molecule has 0 bridgehead atoms. The maximum Gasteiger partial charge on any atom is 0.298 e. The summed E-state index contributed by atoms with van der Waals surface area (Å²) in [4.78, 5) is 0. The summed E-state index contributed by atoms with van der Waals surface area (Å²) in [5.41, 5.74) is 5.62. The second kappa shape index (κ2) is 6.07. The van der Waals surface area contributed by atoms with E-state index in [-0.39, 0.29) is 12.4 Å². The second-order valence-corrected chi connectivity index (χ2v) is 4.83. The van der Waals surface area contributed by atoms with Gasteiger partial charge in [0, 0.05) is 12.7 Å². The van der Waals surface area contributed by atoms with E-state index in [0.717, 1.165) is 0 Å². The first-order valence-corrected chi connectivity index (χ1v) is 6.35. The minimum Gasteiger partial charge on any atom is -0.486 e. The lowest BCUT2D eigenvalue weighted by atomic mass is 10.3. The third kappa shape index (κ3) is 4.47. The Balaban J connectivity index is 2.63. The van der Waals surface area contributed by atoms with Gasteiger partial charge in [0.05, 0.1) is 0 Å². The van der Waals surface area contributed by atoms with E-state index in [9.17, 15) is 8.42 Å². The summed E-state index contributed by atoms with van der Waals surface area (Å²) in [7, 11) is -2.23. The van der Waals surface area contributed by atoms with E-state index in [2.05, 4.69) is 14.6 Å². The molecule has 0 spiro atoms. The number of ether oxygens (including phenoxy) is 1. The van der Waals surface area contributed by atoms with E-state index in [4.69, 9.17) is 15.7 Å². The molecular formula is C9H14N4O4S. The predicted molar refractivity (Wildman–Crippen MR) is 66.9 cm³/mol. The fourth-order valence-electron chi connectivity index (χ4n) is 1.01. The Morgan fingerprint density at radius 1 is 1.44 bits per heavy atom. The van der Waals surface area contributed by atoms with Gasteiger partial charge < -0.3 is 15.7 Å². The molecule has 9 heteroatoms. The van der Waals surface area contributed by atoms with Crippen molar-refractivity contribution >= 4 is 21.7 Å². The van der Waals surface area contributed by atoms with Crippen molar-refractivity contribution in [3.05, 3.63) is 24.3 Å². The SMILES string of the molecule is CNS(=O)(=O)Nc1ccc(OC/C(N)=N/O)cc1. The van der Waals surface area contributed by atoms with Gasteiger partial charge in [-0.3, -0.25) is 4.72 Å².